The second-order valence-corrected chi connectivity index (χ2v) is 5.67. The van der Waals surface area contributed by atoms with Crippen LogP contribution in [0.25, 0.3) is 0 Å². The molecular formula is C12H18O13. The first-order valence-electron chi connectivity index (χ1n) is 6.78. The number of carbonyl (C=O) groups is 3. The van der Waals surface area contributed by atoms with Gasteiger partial charge in [-0.25, -0.2) is 4.79 Å². The number of hydrogen-bond donors (Lipinski definition) is 9. The Balaban J connectivity index is 3.00. The molecule has 9 N–H and O–H groups in total. The Kier molecular flexibility index (Phi) is 6.07. The van der Waals surface area contributed by atoms with Gasteiger partial charge in [-0.05, 0) is 0 Å². The van der Waals surface area contributed by atoms with Crippen LogP contribution in [0.2, 0.25) is 0 Å². The van der Waals surface area contributed by atoms with E-state index in [0.717, 1.165) is 0 Å². The van der Waals surface area contributed by atoms with Crippen LogP contribution in [0.5, 0.6) is 0 Å². The summed E-state index contributed by atoms with van der Waals surface area (Å²) in [6.45, 7) is 0. The lowest BCUT2D eigenvalue weighted by atomic mass is 9.82. The largest absolute Gasteiger partial charge is 0.481 e. The molecule has 13 heteroatoms. The summed E-state index contributed by atoms with van der Waals surface area (Å²) in [6.07, 6.45) is -14.6. The van der Waals surface area contributed by atoms with Crippen LogP contribution in [-0.4, -0.2) is 106 Å². The van der Waals surface area contributed by atoms with Crippen molar-refractivity contribution < 1.29 is 65.1 Å². The highest BCUT2D eigenvalue weighted by Gasteiger charge is 2.61. The molecular weight excluding hydrogens is 352 g/mol. The van der Waals surface area contributed by atoms with Crippen molar-refractivity contribution in [3.63, 3.8) is 0 Å². The number of aliphatic hydroxyl groups is 7. The minimum atomic E-state index is -3.36. The molecule has 1 rings (SSSR count). The Morgan fingerprint density at radius 2 is 1.32 bits per heavy atom. The first-order valence-corrected chi connectivity index (χ1v) is 6.78. The lowest BCUT2D eigenvalue weighted by Gasteiger charge is -2.46. The number of carbonyl (C=O) groups excluding carboxylic acids is 1. The standard InChI is InChI=1S/C12H18O13/c13-3(14)1-11(23,10(21)22)2-4(15)25-12(24)8(19)6(17)5(16)7(18)9(12)20/h5-9,16-20,23-24H,1-2H2,(H,13,14)(H,21,22)/t5?,6-,7+,8-,9-,11?,12?/m1/s1. The van der Waals surface area contributed by atoms with Gasteiger partial charge in [0, 0.05) is 0 Å². The van der Waals surface area contributed by atoms with E-state index in [-0.39, 0.29) is 0 Å². The van der Waals surface area contributed by atoms with Crippen molar-refractivity contribution in [2.45, 2.75) is 54.7 Å². The van der Waals surface area contributed by atoms with Gasteiger partial charge in [-0.15, -0.1) is 0 Å². The van der Waals surface area contributed by atoms with E-state index in [2.05, 4.69) is 4.74 Å². The van der Waals surface area contributed by atoms with Gasteiger partial charge in [0.2, 0.25) is 0 Å². The molecule has 0 amide bonds. The molecule has 0 bridgehead atoms. The third-order valence-electron chi connectivity index (χ3n) is 3.75. The van der Waals surface area contributed by atoms with E-state index in [1.165, 1.54) is 0 Å². The molecule has 144 valence electrons. The van der Waals surface area contributed by atoms with E-state index in [1.54, 1.807) is 0 Å². The molecule has 0 aromatic heterocycles. The van der Waals surface area contributed by atoms with Gasteiger partial charge in [0.25, 0.3) is 5.79 Å². The van der Waals surface area contributed by atoms with E-state index in [0.29, 0.717) is 0 Å². The molecule has 0 aliphatic heterocycles. The summed E-state index contributed by atoms with van der Waals surface area (Å²) >= 11 is 0. The molecule has 0 aromatic rings. The zero-order valence-corrected chi connectivity index (χ0v) is 12.5. The number of aliphatic hydroxyl groups excluding tert-OH is 5. The highest BCUT2D eigenvalue weighted by atomic mass is 16.7. The molecule has 13 nitrogen and oxygen atoms in total. The normalized spacial score (nSPS) is 37.8. The SMILES string of the molecule is O=C(O)CC(O)(CC(=O)OC1(O)[C@H](O)[C@H](O)C(O)[C@H](O)[C@H]1O)C(=O)O. The first kappa shape index (κ1) is 21.2. The Morgan fingerprint density at radius 3 is 1.68 bits per heavy atom. The third kappa shape index (κ3) is 4.04. The molecule has 7 atom stereocenters. The Hall–Kier alpha value is -1.87. The van der Waals surface area contributed by atoms with Crippen LogP contribution in [0.1, 0.15) is 12.8 Å². The number of rotatable bonds is 6. The first-order chi connectivity index (χ1) is 11.3. The number of esters is 1. The van der Waals surface area contributed by atoms with Crippen molar-refractivity contribution in [1.82, 2.24) is 0 Å². The van der Waals surface area contributed by atoms with Crippen molar-refractivity contribution in [1.29, 1.82) is 0 Å². The number of hydrogen-bond acceptors (Lipinski definition) is 11. The van der Waals surface area contributed by atoms with Gasteiger partial charge < -0.3 is 50.7 Å². The smallest absolute Gasteiger partial charge is 0.336 e. The zero-order valence-electron chi connectivity index (χ0n) is 12.5. The molecule has 25 heavy (non-hydrogen) atoms. The molecule has 1 fully saturated rings. The van der Waals surface area contributed by atoms with Crippen molar-refractivity contribution in [2.75, 3.05) is 0 Å². The van der Waals surface area contributed by atoms with Gasteiger partial charge in [-0.1, -0.05) is 0 Å². The number of carboxylic acid groups (broad SMARTS) is 2. The minimum absolute atomic E-state index is 1.41. The van der Waals surface area contributed by atoms with E-state index in [9.17, 15) is 50.1 Å². The third-order valence-corrected chi connectivity index (χ3v) is 3.75. The van der Waals surface area contributed by atoms with Crippen LogP contribution in [0.3, 0.4) is 0 Å². The van der Waals surface area contributed by atoms with Crippen LogP contribution >= 0.6 is 0 Å². The van der Waals surface area contributed by atoms with Crippen LogP contribution < -0.4 is 0 Å². The summed E-state index contributed by atoms with van der Waals surface area (Å²) in [7, 11) is 0. The van der Waals surface area contributed by atoms with Gasteiger partial charge in [-0.2, -0.15) is 0 Å². The Labute approximate surface area is 138 Å². The fourth-order valence-electron chi connectivity index (χ4n) is 2.28. The maximum Gasteiger partial charge on any atom is 0.336 e. The highest BCUT2D eigenvalue weighted by Crippen LogP contribution is 2.32. The Morgan fingerprint density at radius 1 is 0.880 bits per heavy atom. The average Bonchev–Trinajstić information content (AvgIpc) is 2.48. The highest BCUT2D eigenvalue weighted by molar-refractivity contribution is 5.88. The molecule has 0 heterocycles. The van der Waals surface area contributed by atoms with Crippen LogP contribution in [0, 0.1) is 0 Å². The second kappa shape index (κ2) is 7.17. The van der Waals surface area contributed by atoms with Crippen molar-refractivity contribution >= 4 is 17.9 Å². The summed E-state index contributed by atoms with van der Waals surface area (Å²) in [4.78, 5) is 33.3. The maximum absolute atomic E-state index is 11.8. The van der Waals surface area contributed by atoms with Crippen molar-refractivity contribution in [2.24, 2.45) is 0 Å². The molecule has 0 radical (unpaired) electrons. The van der Waals surface area contributed by atoms with Gasteiger partial charge in [0.1, 0.15) is 18.3 Å². The quantitative estimate of drug-likeness (QED) is 0.157. The van der Waals surface area contributed by atoms with E-state index < -0.39 is 72.7 Å². The molecule has 1 aliphatic rings. The average molecular weight is 370 g/mol. The lowest BCUT2D eigenvalue weighted by Crippen LogP contribution is -2.72. The van der Waals surface area contributed by atoms with E-state index in [1.807, 2.05) is 0 Å². The van der Waals surface area contributed by atoms with Crippen LogP contribution in [0.15, 0.2) is 0 Å². The summed E-state index contributed by atoms with van der Waals surface area (Å²) in [6, 6.07) is 0. The van der Waals surface area contributed by atoms with E-state index >= 15 is 0 Å². The van der Waals surface area contributed by atoms with Crippen molar-refractivity contribution in [3.8, 4) is 0 Å². The van der Waals surface area contributed by atoms with Crippen LogP contribution in [0.4, 0.5) is 0 Å². The molecule has 1 aliphatic carbocycles. The van der Waals surface area contributed by atoms with E-state index in [4.69, 9.17) is 10.2 Å². The number of aliphatic carboxylic acids is 2. The number of carboxylic acids is 2. The predicted octanol–water partition coefficient (Wildman–Crippen LogP) is -5.28. The van der Waals surface area contributed by atoms with Gasteiger partial charge in [-0.3, -0.25) is 9.59 Å². The Bertz CT molecular complexity index is 531. The van der Waals surface area contributed by atoms with Crippen LogP contribution in [-0.2, 0) is 19.1 Å². The van der Waals surface area contributed by atoms with Gasteiger partial charge in [0.05, 0.1) is 12.8 Å². The fourth-order valence-corrected chi connectivity index (χ4v) is 2.28. The summed E-state index contributed by atoms with van der Waals surface area (Å²) in [5, 5.41) is 84.8. The lowest BCUT2D eigenvalue weighted by molar-refractivity contribution is -0.348. The second-order valence-electron chi connectivity index (χ2n) is 5.67. The molecule has 0 aromatic carbocycles. The zero-order chi connectivity index (χ0) is 19.7. The van der Waals surface area contributed by atoms with Gasteiger partial charge >= 0.3 is 17.9 Å². The topological polar surface area (TPSA) is 243 Å². The van der Waals surface area contributed by atoms with Gasteiger partial charge in [0.15, 0.2) is 17.8 Å². The predicted molar refractivity (Wildman–Crippen MR) is 70.5 cm³/mol. The maximum atomic E-state index is 11.8. The summed E-state index contributed by atoms with van der Waals surface area (Å²) < 4.78 is 4.29. The molecule has 1 saturated carbocycles. The van der Waals surface area contributed by atoms with Crippen molar-refractivity contribution in [3.05, 3.63) is 0 Å². The molecule has 3 unspecified atom stereocenters. The summed E-state index contributed by atoms with van der Waals surface area (Å²) in [5.41, 5.74) is -3.12. The molecule has 0 saturated heterocycles. The number of ether oxygens (including phenoxy) is 1. The monoisotopic (exact) mass is 370 g/mol. The molecule has 0 spiro atoms. The minimum Gasteiger partial charge on any atom is -0.481 e. The fraction of sp³-hybridized carbons (Fsp3) is 0.750. The summed E-state index contributed by atoms with van der Waals surface area (Å²) in [5.74, 6) is -9.01.